The van der Waals surface area contributed by atoms with E-state index >= 15 is 0 Å². The Bertz CT molecular complexity index is 5570. The number of amides is 5. The normalized spacial score (nSPS) is 20.7. The second-order valence-electron chi connectivity index (χ2n) is 40.8. The first-order valence-electron chi connectivity index (χ1n) is 48.6. The summed E-state index contributed by atoms with van der Waals surface area (Å²) in [5, 5.41) is 82.1. The predicted octanol–water partition coefficient (Wildman–Crippen LogP) is 18.7. The van der Waals surface area contributed by atoms with Crippen molar-refractivity contribution in [3.63, 3.8) is 0 Å². The highest BCUT2D eigenvalue weighted by molar-refractivity contribution is 6.58. The average molecular weight is 2010 g/mol. The number of ketones is 2. The number of carbonyl (C=O) groups excluding carboxylic acids is 11. The van der Waals surface area contributed by atoms with Crippen LogP contribution < -0.4 is 15.5 Å². The van der Waals surface area contributed by atoms with E-state index in [-0.39, 0.29) is 156 Å². The molecule has 11 aliphatic rings. The number of carbonyl (C=O) groups is 7. The topological polar surface area (TPSA) is 522 Å². The molecule has 6 fully saturated rings. The molecule has 6 saturated heterocycles. The van der Waals surface area contributed by atoms with Gasteiger partial charge in [0.2, 0.25) is 0 Å². The molecule has 17 rings (SSSR count). The largest absolute Gasteiger partial charge is 0.508 e. The summed E-state index contributed by atoms with van der Waals surface area (Å²) >= 11 is 0. The molecule has 10 heterocycles. The minimum Gasteiger partial charge on any atom is -0.508 e. The van der Waals surface area contributed by atoms with Gasteiger partial charge in [0, 0.05) is 147 Å². The lowest BCUT2D eigenvalue weighted by Gasteiger charge is -2.31. The highest BCUT2D eigenvalue weighted by atomic mass is 16.6. The molecule has 782 valence electrons. The first-order valence-corrected chi connectivity index (χ1v) is 48.6. The molecule has 0 aromatic heterocycles. The Morgan fingerprint density at radius 1 is 0.455 bits per heavy atom. The summed E-state index contributed by atoms with van der Waals surface area (Å²) in [6.07, 6.45) is 17.9. The van der Waals surface area contributed by atoms with Gasteiger partial charge in [-0.05, 0) is 333 Å². The van der Waals surface area contributed by atoms with Gasteiger partial charge in [0.05, 0.1) is 26.3 Å². The molecule has 5 amide bonds. The zero-order valence-electron chi connectivity index (χ0n) is 84.1. The summed E-state index contributed by atoms with van der Waals surface area (Å²) in [4.78, 5) is 168. The van der Waals surface area contributed by atoms with Crippen LogP contribution in [0.4, 0.5) is 41.9 Å². The van der Waals surface area contributed by atoms with E-state index in [2.05, 4.69) is 19.2 Å². The third-order valence-corrected chi connectivity index (χ3v) is 26.2. The molecule has 8 bridgehead atoms. The molecule has 0 saturated carbocycles. The Hall–Kier alpha value is -13.7. The van der Waals surface area contributed by atoms with Crippen molar-refractivity contribution in [3.8, 4) is 11.5 Å². The van der Waals surface area contributed by atoms with Gasteiger partial charge in [-0.3, -0.25) is 54.8 Å². The Morgan fingerprint density at radius 3 is 1.16 bits per heavy atom. The lowest BCUT2D eigenvalue weighted by Crippen LogP contribution is -2.43. The number of aliphatic hydroxyl groups excluding tert-OH is 1. The Labute approximate surface area is 844 Å². The summed E-state index contributed by atoms with van der Waals surface area (Å²) < 4.78 is 33.7. The van der Waals surface area contributed by atoms with Gasteiger partial charge in [-0.15, -0.1) is 0 Å². The van der Waals surface area contributed by atoms with Gasteiger partial charge in [0.1, 0.15) is 46.3 Å². The molecular formula is C106H136BN9O29. The minimum atomic E-state index is -1.58. The number of ether oxygens (including phenoxy) is 6. The number of nitrogens with one attached hydrogen (secondary N) is 1. The zero-order valence-corrected chi connectivity index (χ0v) is 84.1. The number of benzene rings is 6. The zero-order chi connectivity index (χ0) is 106. The molecule has 5 N–H and O–H groups in total. The van der Waals surface area contributed by atoms with E-state index in [9.17, 15) is 79.1 Å². The third kappa shape index (κ3) is 33.2. The number of phenols is 1. The number of Topliss-reactive ketones (excluding diaryl/α,β-unsaturated/α-hetero) is 2. The average Bonchev–Trinajstić information content (AvgIpc) is 1.62. The first kappa shape index (κ1) is 117. The summed E-state index contributed by atoms with van der Waals surface area (Å²) in [5.74, 6) is 1.27. The van der Waals surface area contributed by atoms with Crippen LogP contribution in [0, 0.1) is 46.4 Å². The second-order valence-corrected chi connectivity index (χ2v) is 40.8. The van der Waals surface area contributed by atoms with Crippen molar-refractivity contribution in [1.29, 1.82) is 0 Å². The van der Waals surface area contributed by atoms with Crippen LogP contribution in [-0.4, -0.2) is 218 Å². The number of rotatable bonds is 14. The fraction of sp³-hybridized carbons (Fsp3) is 0.519. The highest BCUT2D eigenvalue weighted by Crippen LogP contribution is 2.47. The molecule has 1 aliphatic carbocycles. The van der Waals surface area contributed by atoms with E-state index in [1.54, 1.807) is 48.5 Å². The monoisotopic (exact) mass is 2010 g/mol. The van der Waals surface area contributed by atoms with Crippen molar-refractivity contribution in [3.05, 3.63) is 230 Å². The summed E-state index contributed by atoms with van der Waals surface area (Å²) in [7, 11) is -1.58. The molecule has 6 aromatic carbocycles. The molecule has 10 aliphatic heterocycles. The molecule has 9 unspecified atom stereocenters. The number of nitro groups is 4. The number of nitrogens with zero attached hydrogens (tertiary/aromatic N) is 8. The van der Waals surface area contributed by atoms with Crippen molar-refractivity contribution in [2.75, 3.05) is 26.4 Å². The van der Waals surface area contributed by atoms with E-state index in [0.717, 1.165) is 159 Å². The number of aliphatic hydroxyl groups is 1. The smallest absolute Gasteiger partial charge is 0.488 e. The number of phenolic OH excluding ortho intramolecular Hbond substituents is 1. The minimum absolute atomic E-state index is 0. The Balaban J connectivity index is 0.000000215. The molecule has 38 nitrogen and oxygen atoms in total. The molecule has 0 radical (unpaired) electrons. The van der Waals surface area contributed by atoms with Crippen molar-refractivity contribution in [2.45, 2.75) is 323 Å². The van der Waals surface area contributed by atoms with E-state index in [1.807, 2.05) is 133 Å². The van der Waals surface area contributed by atoms with Crippen molar-refractivity contribution < 1.29 is 121 Å². The Kier molecular flexibility index (Phi) is 42.4. The van der Waals surface area contributed by atoms with Crippen LogP contribution in [-0.2, 0) is 60.6 Å². The molecular weight excluding hydrogens is 1870 g/mol. The van der Waals surface area contributed by atoms with E-state index in [4.69, 9.17) is 62.8 Å². The van der Waals surface area contributed by atoms with Gasteiger partial charge in [-0.25, -0.2) is 19.2 Å². The quantitative estimate of drug-likeness (QED) is 0.0293. The maximum absolute atomic E-state index is 13.2. The maximum Gasteiger partial charge on any atom is 0.488 e. The van der Waals surface area contributed by atoms with Crippen LogP contribution in [0.25, 0.3) is 16.7 Å². The van der Waals surface area contributed by atoms with Gasteiger partial charge < -0.3 is 73.6 Å². The van der Waals surface area contributed by atoms with Gasteiger partial charge >= 0.3 is 43.8 Å². The standard InChI is InChI=1S/C29H32N2O6.C21H28N2O4.C20H26N2O5.C15H25NO3.C8H7NO2.C6H6BNO4.C4H8O.2CO2.CH4/c1-29(2,3)37-28(33)30-22-10-11-23(30)15-25(18-4-8-21(9-5-18)31(34)35)20(14-22)17-36-24-12-6-19-7-13-27(32)26(19)16-24;1-5-14-12-17-10-11-18(22(17)20(24)27-21(2,3)4)13-19(14)15-6-8-16(9-7-15)23(25)26;1-20(2,3)27-19(24)21-16-8-9-17(21)11-18(14(10-16)12-23)13-4-6-15(7-5-13)22(25)26;1-5-10-8-11-6-7-12(9-13(10)17)16(11)14(18)19-15(2,3)4;10-6-2-1-5-4-9-8(11)7(5)3-6;9-7(10)5-1-3-6(4-2-5)8(11)12;1-2-4-5-3-1;2*2-1-3;/h4-6,8-9,12,16,22-23H,7,10-11,13-15,17H2,1-3H3;6-9,17-18H,5,10-13H2,1-4H3;4-7,16-17,23H,8-12H2,1-3H3;10-12H,5-9H2,1-4H3;1-3,10H,4H2,(H,9,11);1-4,9-10H;1-4H2;;;1H4. The Morgan fingerprint density at radius 2 is 0.800 bits per heavy atom. The lowest BCUT2D eigenvalue weighted by atomic mass is 9.80. The van der Waals surface area contributed by atoms with Gasteiger partial charge in [-0.2, -0.15) is 19.2 Å². The number of nitro benzene ring substituents is 4. The van der Waals surface area contributed by atoms with Crippen LogP contribution in [0.3, 0.4) is 0 Å². The molecule has 6 aromatic rings. The fourth-order valence-corrected chi connectivity index (χ4v) is 19.7. The van der Waals surface area contributed by atoms with Crippen LogP contribution in [0.2, 0.25) is 0 Å². The second kappa shape index (κ2) is 52.7. The van der Waals surface area contributed by atoms with E-state index in [1.165, 1.54) is 78.6 Å². The SMILES string of the molecule is C.C1CCOC1.CC(C)(C)OC(=O)N1C2CCC1CC(c1ccc([N+](=O)[O-])cc1)=C(CO)C2.CC(C)(C)OC(=O)N1C2CCC1CC(c1ccc([N+](=O)[O-])cc1)=C(COc1ccc3c(c1)C(=O)CC3)C2.CCC1=C(c2ccc([N+](=O)[O-])cc2)CC2CCC(C1)N2C(=O)OC(C)(C)C.CCC1CC2CCC(CC1=O)N2C(=O)OC(C)(C)C.O=C1NCc2ccc(O)cc21.O=C=O.O=C=O.O=[N+]([O-])c1ccc(B(O)O)cc1. The highest BCUT2D eigenvalue weighted by Gasteiger charge is 2.48. The molecule has 0 spiro atoms. The molecule has 9 atom stereocenters. The number of aryl methyl sites for hydroxylation is 1. The lowest BCUT2D eigenvalue weighted by molar-refractivity contribution is -0.385. The number of fused-ring (bicyclic) bond motifs is 10. The molecule has 145 heavy (non-hydrogen) atoms. The van der Waals surface area contributed by atoms with E-state index < -0.39 is 44.3 Å². The number of hydrogen-bond acceptors (Lipinski definition) is 29. The van der Waals surface area contributed by atoms with Gasteiger partial charge in [0.25, 0.3) is 28.7 Å². The summed E-state index contributed by atoms with van der Waals surface area (Å²) in [6, 6.07) is 35.9. The molecule has 39 heteroatoms. The van der Waals surface area contributed by atoms with Crippen LogP contribution in [0.1, 0.15) is 288 Å². The summed E-state index contributed by atoms with van der Waals surface area (Å²) in [6.45, 7) is 29.5. The van der Waals surface area contributed by atoms with Gasteiger partial charge in [0.15, 0.2) is 5.78 Å². The van der Waals surface area contributed by atoms with Crippen LogP contribution in [0.15, 0.2) is 150 Å². The number of hydrogen-bond donors (Lipinski definition) is 5. The van der Waals surface area contributed by atoms with Crippen molar-refractivity contribution in [2.24, 2.45) is 5.92 Å². The third-order valence-electron chi connectivity index (χ3n) is 26.2. The van der Waals surface area contributed by atoms with E-state index in [0.29, 0.717) is 68.8 Å². The van der Waals surface area contributed by atoms with Crippen molar-refractivity contribution in [1.82, 2.24) is 24.9 Å². The first-order chi connectivity index (χ1) is 68.0. The summed E-state index contributed by atoms with van der Waals surface area (Å²) in [5.41, 5.74) is 10.9. The predicted molar refractivity (Wildman–Crippen MR) is 536 cm³/mol. The van der Waals surface area contributed by atoms with Crippen molar-refractivity contribution >= 4 is 106 Å². The number of non-ortho nitro benzene ring substituents is 4. The van der Waals surface area contributed by atoms with Crippen LogP contribution in [0.5, 0.6) is 11.5 Å². The van der Waals surface area contributed by atoms with Crippen LogP contribution >= 0.6 is 0 Å². The maximum atomic E-state index is 13.2. The number of aromatic hydroxyl groups is 1. The van der Waals surface area contributed by atoms with Gasteiger partial charge in [-0.1, -0.05) is 51.1 Å². The fourth-order valence-electron chi connectivity index (χ4n) is 19.7.